The molecular weight excluding hydrogens is 304 g/mol. The molecule has 0 aromatic heterocycles. The van der Waals surface area contributed by atoms with Gasteiger partial charge in [-0.2, -0.15) is 0 Å². The molecule has 0 aliphatic carbocycles. The first-order chi connectivity index (χ1) is 11.1. The molecule has 0 radical (unpaired) electrons. The number of nitrogens with zero attached hydrogens (tertiary/aromatic N) is 2. The van der Waals surface area contributed by atoms with Crippen LogP contribution in [0.4, 0.5) is 4.79 Å². The molecule has 0 spiro atoms. The van der Waals surface area contributed by atoms with Crippen molar-refractivity contribution in [3.05, 3.63) is 17.2 Å². The molecule has 0 fully saturated rings. The fourth-order valence-corrected chi connectivity index (χ4v) is 2.30. The smallest absolute Gasteiger partial charge is 0.409 e. The van der Waals surface area contributed by atoms with Crippen molar-refractivity contribution >= 4 is 12.3 Å². The number of carbonyl (C=O) groups excluding carboxylic acids is 1. The molecule has 8 heteroatoms. The molecular formula is C15H20N2O6. The van der Waals surface area contributed by atoms with E-state index in [9.17, 15) is 4.79 Å². The molecule has 1 amide bonds. The molecule has 0 atom stereocenters. The van der Waals surface area contributed by atoms with Gasteiger partial charge >= 0.3 is 6.09 Å². The van der Waals surface area contributed by atoms with Crippen LogP contribution < -0.4 is 14.2 Å². The third kappa shape index (κ3) is 3.58. The van der Waals surface area contributed by atoms with E-state index < -0.39 is 6.09 Å². The average Bonchev–Trinajstić information content (AvgIpc) is 3.00. The lowest BCUT2D eigenvalue weighted by Gasteiger charge is -2.18. The number of fused-ring (bicyclic) bond motifs is 1. The number of likely N-dealkylation sites (N-methyl/N-ethyl adjacent to an activating group) is 1. The Hall–Kier alpha value is -2.64. The zero-order valence-corrected chi connectivity index (χ0v) is 13.4. The minimum Gasteiger partial charge on any atom is -0.492 e. The maximum absolute atomic E-state index is 11.7. The van der Waals surface area contributed by atoms with Gasteiger partial charge in [0.1, 0.15) is 0 Å². The first kappa shape index (κ1) is 16.7. The molecule has 0 saturated heterocycles. The first-order valence-corrected chi connectivity index (χ1v) is 7.17. The number of oxime groups is 1. The second kappa shape index (κ2) is 7.57. The maximum Gasteiger partial charge on any atom is 0.409 e. The maximum atomic E-state index is 11.7. The van der Waals surface area contributed by atoms with Gasteiger partial charge < -0.3 is 29.1 Å². The summed E-state index contributed by atoms with van der Waals surface area (Å²) in [6, 6.07) is 1.79. The summed E-state index contributed by atoms with van der Waals surface area (Å²) in [4.78, 5) is 13.1. The molecule has 0 unspecified atom stereocenters. The number of carbonyl (C=O) groups is 1. The van der Waals surface area contributed by atoms with Crippen molar-refractivity contribution in [1.29, 1.82) is 0 Å². The lowest BCUT2D eigenvalue weighted by Crippen LogP contribution is -2.29. The summed E-state index contributed by atoms with van der Waals surface area (Å²) in [5.41, 5.74) is 1.39. The Morgan fingerprint density at radius 3 is 2.96 bits per heavy atom. The van der Waals surface area contributed by atoms with Crippen LogP contribution in [0.2, 0.25) is 0 Å². The number of benzene rings is 1. The van der Waals surface area contributed by atoms with E-state index in [1.54, 1.807) is 20.0 Å². The lowest BCUT2D eigenvalue weighted by molar-refractivity contribution is 0.116. The van der Waals surface area contributed by atoms with Crippen LogP contribution in [0.1, 0.15) is 18.1 Å². The molecule has 23 heavy (non-hydrogen) atoms. The van der Waals surface area contributed by atoms with E-state index in [0.29, 0.717) is 42.4 Å². The highest BCUT2D eigenvalue weighted by atomic mass is 16.7. The molecule has 1 aliphatic heterocycles. The molecule has 1 aliphatic rings. The Bertz CT molecular complexity index is 602. The predicted octanol–water partition coefficient (Wildman–Crippen LogP) is 1.86. The molecule has 1 N–H and O–H groups in total. The number of hydrogen-bond acceptors (Lipinski definition) is 7. The number of hydrogen-bond donors (Lipinski definition) is 1. The monoisotopic (exact) mass is 324 g/mol. The zero-order valence-electron chi connectivity index (χ0n) is 13.4. The summed E-state index contributed by atoms with van der Waals surface area (Å²) < 4.78 is 21.1. The largest absolute Gasteiger partial charge is 0.492 e. The van der Waals surface area contributed by atoms with Crippen molar-refractivity contribution in [3.63, 3.8) is 0 Å². The number of ether oxygens (including phenoxy) is 4. The van der Waals surface area contributed by atoms with Gasteiger partial charge in [-0.3, -0.25) is 0 Å². The fourth-order valence-electron chi connectivity index (χ4n) is 2.30. The van der Waals surface area contributed by atoms with E-state index in [4.69, 9.17) is 24.2 Å². The van der Waals surface area contributed by atoms with E-state index in [0.717, 1.165) is 5.56 Å². The van der Waals surface area contributed by atoms with E-state index in [1.807, 2.05) is 0 Å². The van der Waals surface area contributed by atoms with E-state index in [1.165, 1.54) is 18.2 Å². The number of rotatable bonds is 6. The Morgan fingerprint density at radius 1 is 1.52 bits per heavy atom. The van der Waals surface area contributed by atoms with Crippen molar-refractivity contribution in [2.75, 3.05) is 34.1 Å². The van der Waals surface area contributed by atoms with E-state index in [-0.39, 0.29) is 6.79 Å². The second-order valence-electron chi connectivity index (χ2n) is 4.83. The Kier molecular flexibility index (Phi) is 5.51. The van der Waals surface area contributed by atoms with Gasteiger partial charge in [-0.1, -0.05) is 5.16 Å². The van der Waals surface area contributed by atoms with Gasteiger partial charge in [0.25, 0.3) is 0 Å². The number of methoxy groups -OCH3 is 1. The van der Waals surface area contributed by atoms with Gasteiger partial charge in [0.05, 0.1) is 19.9 Å². The normalized spacial score (nSPS) is 12.5. The predicted molar refractivity (Wildman–Crippen MR) is 81.9 cm³/mol. The van der Waals surface area contributed by atoms with Gasteiger partial charge in [-0.05, 0) is 25.0 Å². The summed E-state index contributed by atoms with van der Waals surface area (Å²) in [6.07, 6.45) is 1.39. The average molecular weight is 324 g/mol. The van der Waals surface area contributed by atoms with Gasteiger partial charge in [-0.25, -0.2) is 4.79 Å². The highest BCUT2D eigenvalue weighted by molar-refractivity contribution is 5.88. The topological polar surface area (TPSA) is 89.8 Å². The fraction of sp³-hybridized carbons (Fsp3) is 0.467. The van der Waals surface area contributed by atoms with Crippen molar-refractivity contribution < 1.29 is 28.9 Å². The molecule has 2 rings (SSSR count). The highest BCUT2D eigenvalue weighted by Gasteiger charge is 2.25. The quantitative estimate of drug-likeness (QED) is 0.488. The van der Waals surface area contributed by atoms with E-state index >= 15 is 0 Å². The number of amides is 1. The molecule has 8 nitrogen and oxygen atoms in total. The van der Waals surface area contributed by atoms with Crippen molar-refractivity contribution in [1.82, 2.24) is 4.90 Å². The van der Waals surface area contributed by atoms with Crippen LogP contribution in [-0.2, 0) is 11.2 Å². The third-order valence-corrected chi connectivity index (χ3v) is 3.43. The van der Waals surface area contributed by atoms with Crippen molar-refractivity contribution in [3.8, 4) is 17.2 Å². The Morgan fingerprint density at radius 2 is 2.30 bits per heavy atom. The Labute approximate surface area is 134 Å². The van der Waals surface area contributed by atoms with Crippen LogP contribution in [0.25, 0.3) is 0 Å². The minimum atomic E-state index is -0.391. The molecule has 1 aromatic rings. The third-order valence-electron chi connectivity index (χ3n) is 3.43. The minimum absolute atomic E-state index is 0.105. The molecule has 1 heterocycles. The van der Waals surface area contributed by atoms with Crippen LogP contribution >= 0.6 is 0 Å². The van der Waals surface area contributed by atoms with Crippen molar-refractivity contribution in [2.45, 2.75) is 13.3 Å². The zero-order chi connectivity index (χ0) is 16.8. The summed E-state index contributed by atoms with van der Waals surface area (Å²) in [7, 11) is 3.16. The summed E-state index contributed by atoms with van der Waals surface area (Å²) >= 11 is 0. The van der Waals surface area contributed by atoms with Crippen LogP contribution in [0, 0.1) is 0 Å². The van der Waals surface area contributed by atoms with Crippen LogP contribution in [0.15, 0.2) is 11.2 Å². The van der Waals surface area contributed by atoms with Crippen molar-refractivity contribution in [2.24, 2.45) is 5.16 Å². The van der Waals surface area contributed by atoms with E-state index in [2.05, 4.69) is 5.16 Å². The standard InChI is InChI=1S/C15H20N2O6/c1-4-21-15(18)17(2)6-5-10-7-12-14(23-9-22-12)13(20-3)11(10)8-16-19/h7-8,19H,4-6,9H2,1-3H3/b16-8+. The van der Waals surface area contributed by atoms with Crippen LogP contribution in [-0.4, -0.2) is 56.5 Å². The molecule has 0 saturated carbocycles. The lowest BCUT2D eigenvalue weighted by atomic mass is 10.0. The van der Waals surface area contributed by atoms with Crippen LogP contribution in [0.3, 0.4) is 0 Å². The summed E-state index contributed by atoms with van der Waals surface area (Å²) in [5, 5.41) is 12.0. The molecule has 1 aromatic carbocycles. The highest BCUT2D eigenvalue weighted by Crippen LogP contribution is 2.44. The SMILES string of the molecule is CCOC(=O)N(C)CCc1cc2c(c(OC)c1/C=N/O)OCO2. The summed E-state index contributed by atoms with van der Waals surface area (Å²) in [6.45, 7) is 2.61. The first-order valence-electron chi connectivity index (χ1n) is 7.17. The Balaban J connectivity index is 2.25. The summed E-state index contributed by atoms with van der Waals surface area (Å²) in [5.74, 6) is 1.47. The van der Waals surface area contributed by atoms with Gasteiger partial charge in [0, 0.05) is 19.2 Å². The molecule has 126 valence electrons. The second-order valence-corrected chi connectivity index (χ2v) is 4.83. The van der Waals surface area contributed by atoms with Crippen LogP contribution in [0.5, 0.6) is 17.2 Å². The molecule has 0 bridgehead atoms. The van der Waals surface area contributed by atoms with Gasteiger partial charge in [0.2, 0.25) is 12.5 Å². The van der Waals surface area contributed by atoms with Gasteiger partial charge in [0.15, 0.2) is 11.5 Å². The van der Waals surface area contributed by atoms with Gasteiger partial charge in [-0.15, -0.1) is 0 Å².